The summed E-state index contributed by atoms with van der Waals surface area (Å²) in [7, 11) is 0. The van der Waals surface area contributed by atoms with Crippen LogP contribution in [-0.4, -0.2) is 26.2 Å². The smallest absolute Gasteiger partial charge is 0.0635 e. The van der Waals surface area contributed by atoms with E-state index < -0.39 is 0 Å². The molecule has 0 spiro atoms. The van der Waals surface area contributed by atoms with Crippen molar-refractivity contribution in [2.45, 2.75) is 38.5 Å². The molecule has 0 aromatic carbocycles. The summed E-state index contributed by atoms with van der Waals surface area (Å²) < 4.78 is 0. The highest BCUT2D eigenvalue weighted by Gasteiger charge is 2.24. The highest BCUT2D eigenvalue weighted by atomic mass is 14.9. The van der Waals surface area contributed by atoms with Crippen LogP contribution in [0, 0.1) is 34.5 Å². The summed E-state index contributed by atoms with van der Waals surface area (Å²) in [6.07, 6.45) is 6.45. The Hall–Kier alpha value is -1.10. The van der Waals surface area contributed by atoms with Crippen LogP contribution in [0.4, 0.5) is 0 Å². The Bertz CT molecular complexity index is 259. The standard InChI is InChI=1S/C14H24N4/c15-7-3-9-17-11-13-5-1-2-6-14(13)12-18-10-4-8-16/h13-14,17-18H,1-6,9-12H2. The zero-order valence-electron chi connectivity index (χ0n) is 11.1. The van der Waals surface area contributed by atoms with E-state index in [2.05, 4.69) is 22.8 Å². The fourth-order valence-corrected chi connectivity index (χ4v) is 2.69. The van der Waals surface area contributed by atoms with E-state index in [0.29, 0.717) is 12.8 Å². The molecule has 2 unspecified atom stereocenters. The Morgan fingerprint density at radius 3 is 1.67 bits per heavy atom. The fourth-order valence-electron chi connectivity index (χ4n) is 2.69. The molecule has 1 aliphatic carbocycles. The Morgan fingerprint density at radius 2 is 1.28 bits per heavy atom. The Balaban J connectivity index is 2.20. The van der Waals surface area contributed by atoms with Crippen molar-refractivity contribution in [3.05, 3.63) is 0 Å². The molecule has 0 saturated heterocycles. The average Bonchev–Trinajstić information content (AvgIpc) is 2.41. The van der Waals surface area contributed by atoms with Crippen LogP contribution < -0.4 is 10.6 Å². The first-order valence-corrected chi connectivity index (χ1v) is 7.03. The number of hydrogen-bond donors (Lipinski definition) is 2. The summed E-state index contributed by atoms with van der Waals surface area (Å²) >= 11 is 0. The van der Waals surface area contributed by atoms with E-state index >= 15 is 0 Å². The van der Waals surface area contributed by atoms with Crippen LogP contribution in [-0.2, 0) is 0 Å². The van der Waals surface area contributed by atoms with Crippen LogP contribution >= 0.6 is 0 Å². The SMILES string of the molecule is N#CCCNCC1CCCCC1CNCCC#N. The van der Waals surface area contributed by atoms with Gasteiger partial charge >= 0.3 is 0 Å². The van der Waals surface area contributed by atoms with Crippen molar-refractivity contribution < 1.29 is 0 Å². The van der Waals surface area contributed by atoms with Crippen LogP contribution in [0.15, 0.2) is 0 Å². The van der Waals surface area contributed by atoms with Crippen molar-refractivity contribution in [1.82, 2.24) is 10.6 Å². The lowest BCUT2D eigenvalue weighted by Crippen LogP contribution is -2.36. The topological polar surface area (TPSA) is 71.6 Å². The minimum atomic E-state index is 0.595. The lowest BCUT2D eigenvalue weighted by atomic mass is 9.79. The number of hydrogen-bond acceptors (Lipinski definition) is 4. The second kappa shape index (κ2) is 9.88. The monoisotopic (exact) mass is 248 g/mol. The maximum Gasteiger partial charge on any atom is 0.0635 e. The highest BCUT2D eigenvalue weighted by molar-refractivity contribution is 4.80. The predicted octanol–water partition coefficient (Wildman–Crippen LogP) is 1.80. The van der Waals surface area contributed by atoms with Gasteiger partial charge < -0.3 is 10.6 Å². The quantitative estimate of drug-likeness (QED) is 0.642. The maximum absolute atomic E-state index is 8.50. The molecule has 0 aliphatic heterocycles. The average molecular weight is 248 g/mol. The molecule has 4 nitrogen and oxygen atoms in total. The molecule has 0 radical (unpaired) electrons. The molecule has 0 aromatic heterocycles. The number of nitrogens with one attached hydrogen (secondary N) is 2. The first-order valence-electron chi connectivity index (χ1n) is 7.03. The molecule has 100 valence electrons. The van der Waals surface area contributed by atoms with Gasteiger partial charge in [-0.25, -0.2) is 0 Å². The van der Waals surface area contributed by atoms with Gasteiger partial charge in [0.25, 0.3) is 0 Å². The van der Waals surface area contributed by atoms with Gasteiger partial charge in [-0.2, -0.15) is 10.5 Å². The van der Waals surface area contributed by atoms with Gasteiger partial charge in [-0.05, 0) is 37.8 Å². The lowest BCUT2D eigenvalue weighted by Gasteiger charge is -2.32. The van der Waals surface area contributed by atoms with E-state index in [1.807, 2.05) is 0 Å². The molecule has 2 N–H and O–H groups in total. The van der Waals surface area contributed by atoms with Gasteiger partial charge in [0, 0.05) is 25.9 Å². The van der Waals surface area contributed by atoms with E-state index in [1.165, 1.54) is 25.7 Å². The van der Waals surface area contributed by atoms with Gasteiger partial charge in [-0.3, -0.25) is 0 Å². The zero-order chi connectivity index (χ0) is 13.1. The van der Waals surface area contributed by atoms with Crippen LogP contribution in [0.2, 0.25) is 0 Å². The predicted molar refractivity (Wildman–Crippen MR) is 71.6 cm³/mol. The minimum Gasteiger partial charge on any atom is -0.315 e. The molecule has 0 aromatic rings. The Kier molecular flexibility index (Phi) is 8.21. The summed E-state index contributed by atoms with van der Waals surface area (Å²) in [5.74, 6) is 1.46. The van der Waals surface area contributed by atoms with E-state index in [1.54, 1.807) is 0 Å². The molecule has 1 rings (SSSR count). The molecular formula is C14H24N4. The Labute approximate surface area is 110 Å². The molecule has 1 saturated carbocycles. The van der Waals surface area contributed by atoms with E-state index in [-0.39, 0.29) is 0 Å². The Morgan fingerprint density at radius 1 is 0.833 bits per heavy atom. The second-order valence-electron chi connectivity index (χ2n) is 5.03. The third-order valence-electron chi connectivity index (χ3n) is 3.71. The van der Waals surface area contributed by atoms with Crippen molar-refractivity contribution in [2.24, 2.45) is 11.8 Å². The second-order valence-corrected chi connectivity index (χ2v) is 5.03. The van der Waals surface area contributed by atoms with E-state index in [0.717, 1.165) is 38.0 Å². The summed E-state index contributed by atoms with van der Waals surface area (Å²) in [6, 6.07) is 4.32. The van der Waals surface area contributed by atoms with Crippen molar-refractivity contribution in [1.29, 1.82) is 10.5 Å². The first kappa shape index (κ1) is 15.0. The van der Waals surface area contributed by atoms with Crippen LogP contribution in [0.5, 0.6) is 0 Å². The van der Waals surface area contributed by atoms with Crippen molar-refractivity contribution in [3.63, 3.8) is 0 Å². The van der Waals surface area contributed by atoms with E-state index in [9.17, 15) is 0 Å². The van der Waals surface area contributed by atoms with Crippen LogP contribution in [0.25, 0.3) is 0 Å². The molecule has 4 heteroatoms. The van der Waals surface area contributed by atoms with E-state index in [4.69, 9.17) is 10.5 Å². The third kappa shape index (κ3) is 6.00. The highest BCUT2D eigenvalue weighted by Crippen LogP contribution is 2.29. The largest absolute Gasteiger partial charge is 0.315 e. The molecule has 2 atom stereocenters. The minimum absolute atomic E-state index is 0.595. The van der Waals surface area contributed by atoms with Crippen molar-refractivity contribution in [3.8, 4) is 12.1 Å². The number of nitriles is 2. The molecule has 18 heavy (non-hydrogen) atoms. The molecule has 1 fully saturated rings. The van der Waals surface area contributed by atoms with Gasteiger partial charge in [0.05, 0.1) is 12.1 Å². The normalized spacial score (nSPS) is 23.2. The van der Waals surface area contributed by atoms with Gasteiger partial charge in [-0.1, -0.05) is 12.8 Å². The summed E-state index contributed by atoms with van der Waals surface area (Å²) in [6.45, 7) is 3.68. The maximum atomic E-state index is 8.50. The lowest BCUT2D eigenvalue weighted by molar-refractivity contribution is 0.224. The van der Waals surface area contributed by atoms with Gasteiger partial charge in [0.1, 0.15) is 0 Å². The van der Waals surface area contributed by atoms with Crippen molar-refractivity contribution in [2.75, 3.05) is 26.2 Å². The third-order valence-corrected chi connectivity index (χ3v) is 3.71. The molecular weight excluding hydrogens is 224 g/mol. The number of rotatable bonds is 8. The van der Waals surface area contributed by atoms with Crippen LogP contribution in [0.3, 0.4) is 0 Å². The van der Waals surface area contributed by atoms with Crippen molar-refractivity contribution >= 4 is 0 Å². The van der Waals surface area contributed by atoms with Gasteiger partial charge in [0.2, 0.25) is 0 Å². The first-order chi connectivity index (χ1) is 8.88. The van der Waals surface area contributed by atoms with Crippen LogP contribution in [0.1, 0.15) is 38.5 Å². The van der Waals surface area contributed by atoms with Gasteiger partial charge in [-0.15, -0.1) is 0 Å². The summed E-state index contributed by atoms with van der Waals surface area (Å²) in [5.41, 5.74) is 0. The molecule has 0 heterocycles. The summed E-state index contributed by atoms with van der Waals surface area (Å²) in [4.78, 5) is 0. The summed E-state index contributed by atoms with van der Waals surface area (Å²) in [5, 5.41) is 23.8. The molecule has 0 amide bonds. The van der Waals surface area contributed by atoms with Gasteiger partial charge in [0.15, 0.2) is 0 Å². The zero-order valence-corrected chi connectivity index (χ0v) is 11.1. The number of nitrogens with zero attached hydrogens (tertiary/aromatic N) is 2. The fraction of sp³-hybridized carbons (Fsp3) is 0.857. The molecule has 1 aliphatic rings. The molecule has 0 bridgehead atoms.